The van der Waals surface area contributed by atoms with Gasteiger partial charge in [-0.25, -0.2) is 8.78 Å². The third-order valence-electron chi connectivity index (χ3n) is 5.04. The van der Waals surface area contributed by atoms with E-state index < -0.39 is 23.3 Å². The number of imide groups is 1. The summed E-state index contributed by atoms with van der Waals surface area (Å²) in [5.74, 6) is -1.85. The number of aryl methyl sites for hydroxylation is 1. The van der Waals surface area contributed by atoms with Crippen molar-refractivity contribution < 1.29 is 18.4 Å². The molecule has 4 nitrogen and oxygen atoms in total. The Balaban J connectivity index is 1.66. The average molecular weight is 336 g/mol. The first kappa shape index (κ1) is 17.0. The van der Waals surface area contributed by atoms with Crippen LogP contribution in [-0.2, 0) is 16.0 Å². The minimum atomic E-state index is -1.18. The van der Waals surface area contributed by atoms with Crippen LogP contribution in [-0.4, -0.2) is 30.6 Å². The highest BCUT2D eigenvalue weighted by Crippen LogP contribution is 2.31. The number of piperidine rings is 2. The minimum Gasteiger partial charge on any atom is -0.316 e. The number of carbonyl (C=O) groups is 2. The van der Waals surface area contributed by atoms with Crippen molar-refractivity contribution in [2.75, 3.05) is 13.1 Å². The van der Waals surface area contributed by atoms with Gasteiger partial charge in [0.1, 0.15) is 11.5 Å². The van der Waals surface area contributed by atoms with Crippen LogP contribution in [0.3, 0.4) is 0 Å². The first-order valence-corrected chi connectivity index (χ1v) is 8.48. The van der Waals surface area contributed by atoms with Crippen LogP contribution in [0.2, 0.25) is 0 Å². The molecule has 0 aliphatic carbocycles. The highest BCUT2D eigenvalue weighted by molar-refractivity contribution is 6.00. The van der Waals surface area contributed by atoms with Gasteiger partial charge in [-0.05, 0) is 56.8 Å². The number of amides is 2. The van der Waals surface area contributed by atoms with Crippen LogP contribution < -0.4 is 10.6 Å². The lowest BCUT2D eigenvalue weighted by molar-refractivity contribution is -0.134. The van der Waals surface area contributed by atoms with Crippen LogP contribution in [0, 0.1) is 5.82 Å². The monoisotopic (exact) mass is 336 g/mol. The van der Waals surface area contributed by atoms with Crippen molar-refractivity contribution in [3.8, 4) is 0 Å². The van der Waals surface area contributed by atoms with E-state index in [1.165, 1.54) is 6.07 Å². The molecule has 1 aromatic carbocycles. The Kier molecular flexibility index (Phi) is 4.94. The van der Waals surface area contributed by atoms with E-state index in [4.69, 9.17) is 0 Å². The Morgan fingerprint density at radius 2 is 1.96 bits per heavy atom. The molecule has 2 fully saturated rings. The Hall–Kier alpha value is -1.82. The van der Waals surface area contributed by atoms with Gasteiger partial charge in [-0.3, -0.25) is 14.9 Å². The number of hydrogen-bond acceptors (Lipinski definition) is 3. The molecule has 2 N–H and O–H groups in total. The number of carbonyl (C=O) groups excluding carboxylic acids is 2. The van der Waals surface area contributed by atoms with Crippen molar-refractivity contribution >= 4 is 11.8 Å². The molecule has 2 amide bonds. The molecule has 1 aromatic rings. The first-order valence-electron chi connectivity index (χ1n) is 8.48. The average Bonchev–Trinajstić information content (AvgIpc) is 2.55. The molecule has 6 heteroatoms. The van der Waals surface area contributed by atoms with E-state index in [1.807, 2.05) is 0 Å². The van der Waals surface area contributed by atoms with Crippen LogP contribution in [0.5, 0.6) is 0 Å². The van der Waals surface area contributed by atoms with Crippen molar-refractivity contribution in [1.82, 2.24) is 10.6 Å². The highest BCUT2D eigenvalue weighted by Gasteiger charge is 2.32. The molecule has 3 rings (SSSR count). The second kappa shape index (κ2) is 6.97. The summed E-state index contributed by atoms with van der Waals surface area (Å²) < 4.78 is 29.0. The lowest BCUT2D eigenvalue weighted by atomic mass is 9.86. The maximum Gasteiger partial charge on any atom is 0.234 e. The van der Waals surface area contributed by atoms with E-state index in [-0.39, 0.29) is 12.3 Å². The van der Waals surface area contributed by atoms with Crippen LogP contribution >= 0.6 is 0 Å². The lowest BCUT2D eigenvalue weighted by Gasteiger charge is -2.30. The quantitative estimate of drug-likeness (QED) is 0.830. The fourth-order valence-corrected chi connectivity index (χ4v) is 3.49. The predicted molar refractivity (Wildman–Crippen MR) is 85.8 cm³/mol. The van der Waals surface area contributed by atoms with Gasteiger partial charge in [0, 0.05) is 12.0 Å². The van der Waals surface area contributed by atoms with Gasteiger partial charge in [-0.1, -0.05) is 12.1 Å². The van der Waals surface area contributed by atoms with Gasteiger partial charge < -0.3 is 5.32 Å². The largest absolute Gasteiger partial charge is 0.316 e. The number of halogens is 2. The van der Waals surface area contributed by atoms with Crippen molar-refractivity contribution in [3.63, 3.8) is 0 Å². The molecule has 2 aliphatic heterocycles. The van der Waals surface area contributed by atoms with Crippen molar-refractivity contribution in [2.45, 2.75) is 50.1 Å². The maximum atomic E-state index is 14.6. The summed E-state index contributed by atoms with van der Waals surface area (Å²) in [5, 5.41) is 5.38. The molecular weight excluding hydrogens is 314 g/mol. The summed E-state index contributed by atoms with van der Waals surface area (Å²) in [5.41, 5.74) is -0.135. The number of rotatable bonds is 4. The molecule has 1 atom stereocenters. The first-order chi connectivity index (χ1) is 11.5. The molecule has 0 radical (unpaired) electrons. The maximum absolute atomic E-state index is 14.6. The summed E-state index contributed by atoms with van der Waals surface area (Å²) in [6.07, 6.45) is 2.38. The van der Waals surface area contributed by atoms with Gasteiger partial charge in [0.2, 0.25) is 11.8 Å². The Morgan fingerprint density at radius 3 is 2.62 bits per heavy atom. The number of hydrogen-bond donors (Lipinski definition) is 2. The molecular formula is C18H22F2N2O2. The van der Waals surface area contributed by atoms with Gasteiger partial charge in [0.25, 0.3) is 0 Å². The topological polar surface area (TPSA) is 58.2 Å². The zero-order chi connectivity index (χ0) is 17.2. The SMILES string of the molecule is O=C1CCC(c2ccc(CCC3(F)CCNCC3)cc2F)C(=O)N1. The Bertz CT molecular complexity index is 642. The van der Waals surface area contributed by atoms with Crippen LogP contribution in [0.4, 0.5) is 8.78 Å². The minimum absolute atomic E-state index is 0.218. The fourth-order valence-electron chi connectivity index (χ4n) is 3.49. The van der Waals surface area contributed by atoms with Crippen LogP contribution in [0.15, 0.2) is 18.2 Å². The summed E-state index contributed by atoms with van der Waals surface area (Å²) in [7, 11) is 0. The predicted octanol–water partition coefficient (Wildman–Crippen LogP) is 2.37. The lowest BCUT2D eigenvalue weighted by Crippen LogP contribution is -2.39. The summed E-state index contributed by atoms with van der Waals surface area (Å²) >= 11 is 0. The van der Waals surface area contributed by atoms with Crippen molar-refractivity contribution in [3.05, 3.63) is 35.1 Å². The standard InChI is InChI=1S/C18H22F2N2O2/c19-15-11-12(5-6-18(20)7-9-21-10-8-18)1-2-13(15)14-3-4-16(23)22-17(14)24/h1-2,11,14,21H,3-10H2,(H,22,23,24). The molecule has 24 heavy (non-hydrogen) atoms. The van der Waals surface area contributed by atoms with E-state index >= 15 is 0 Å². The molecule has 0 saturated carbocycles. The van der Waals surface area contributed by atoms with E-state index in [9.17, 15) is 18.4 Å². The number of nitrogens with one attached hydrogen (secondary N) is 2. The fraction of sp³-hybridized carbons (Fsp3) is 0.556. The summed E-state index contributed by atoms with van der Waals surface area (Å²) in [6.45, 7) is 1.36. The van der Waals surface area contributed by atoms with Gasteiger partial charge in [-0.2, -0.15) is 0 Å². The molecule has 0 bridgehead atoms. The van der Waals surface area contributed by atoms with Crippen LogP contribution in [0.25, 0.3) is 0 Å². The third kappa shape index (κ3) is 3.80. The third-order valence-corrected chi connectivity index (χ3v) is 5.04. The smallest absolute Gasteiger partial charge is 0.234 e. The van der Waals surface area contributed by atoms with E-state index in [2.05, 4.69) is 10.6 Å². The molecule has 0 aromatic heterocycles. The number of alkyl halides is 1. The van der Waals surface area contributed by atoms with Gasteiger partial charge in [-0.15, -0.1) is 0 Å². The normalized spacial score (nSPS) is 23.8. The van der Waals surface area contributed by atoms with Gasteiger partial charge >= 0.3 is 0 Å². The van der Waals surface area contributed by atoms with Gasteiger partial charge in [0.05, 0.1) is 5.92 Å². The Morgan fingerprint density at radius 1 is 1.21 bits per heavy atom. The van der Waals surface area contributed by atoms with E-state index in [0.29, 0.717) is 50.8 Å². The summed E-state index contributed by atoms with van der Waals surface area (Å²) in [6, 6.07) is 4.74. The molecule has 0 spiro atoms. The zero-order valence-corrected chi connectivity index (χ0v) is 13.5. The van der Waals surface area contributed by atoms with E-state index in [0.717, 1.165) is 5.56 Å². The van der Waals surface area contributed by atoms with Crippen molar-refractivity contribution in [1.29, 1.82) is 0 Å². The molecule has 130 valence electrons. The van der Waals surface area contributed by atoms with Gasteiger partial charge in [0.15, 0.2) is 0 Å². The second-order valence-electron chi connectivity index (χ2n) is 6.76. The molecule has 2 saturated heterocycles. The number of benzene rings is 1. The van der Waals surface area contributed by atoms with Crippen molar-refractivity contribution in [2.24, 2.45) is 0 Å². The summed E-state index contributed by atoms with van der Waals surface area (Å²) in [4.78, 5) is 23.1. The van der Waals surface area contributed by atoms with E-state index in [1.54, 1.807) is 12.1 Å². The second-order valence-corrected chi connectivity index (χ2v) is 6.76. The molecule has 2 aliphatic rings. The zero-order valence-electron chi connectivity index (χ0n) is 13.5. The van der Waals surface area contributed by atoms with Crippen LogP contribution in [0.1, 0.15) is 49.1 Å². The molecule has 2 heterocycles. The Labute approximate surface area is 140 Å². The molecule has 1 unspecified atom stereocenters. The highest BCUT2D eigenvalue weighted by atomic mass is 19.1.